The molecule has 2 aromatic heterocycles. The van der Waals surface area contributed by atoms with Crippen molar-refractivity contribution in [3.8, 4) is 11.6 Å². The zero-order valence-electron chi connectivity index (χ0n) is 14.6. The second kappa shape index (κ2) is 6.69. The first-order chi connectivity index (χ1) is 12.3. The Morgan fingerprint density at radius 3 is 2.96 bits per heavy atom. The van der Waals surface area contributed by atoms with Crippen molar-refractivity contribution in [2.24, 2.45) is 0 Å². The molecule has 0 amide bonds. The van der Waals surface area contributed by atoms with Gasteiger partial charge in [-0.25, -0.2) is 9.97 Å². The molecule has 128 valence electrons. The molecule has 0 aliphatic heterocycles. The van der Waals surface area contributed by atoms with Crippen molar-refractivity contribution in [2.75, 3.05) is 7.11 Å². The minimum Gasteiger partial charge on any atom is -0.497 e. The maximum Gasteiger partial charge on any atom is 0.142 e. The van der Waals surface area contributed by atoms with Crippen LogP contribution >= 0.6 is 0 Å². The fourth-order valence-corrected chi connectivity index (χ4v) is 3.55. The summed E-state index contributed by atoms with van der Waals surface area (Å²) < 4.78 is 7.37. The highest BCUT2D eigenvalue weighted by Gasteiger charge is 2.22. The maximum absolute atomic E-state index is 5.33. The average Bonchev–Trinajstić information content (AvgIpc) is 3.25. The highest BCUT2D eigenvalue weighted by Crippen LogP contribution is 2.33. The first-order valence-electron chi connectivity index (χ1n) is 8.60. The van der Waals surface area contributed by atoms with E-state index in [9.17, 15) is 0 Å². The van der Waals surface area contributed by atoms with Crippen LogP contribution in [0.1, 0.15) is 35.0 Å². The van der Waals surface area contributed by atoms with Crippen LogP contribution in [-0.2, 0) is 13.0 Å². The summed E-state index contributed by atoms with van der Waals surface area (Å²) >= 11 is 0. The van der Waals surface area contributed by atoms with Crippen molar-refractivity contribution in [3.63, 3.8) is 0 Å². The van der Waals surface area contributed by atoms with E-state index < -0.39 is 0 Å². The number of ether oxygens (including phenoxy) is 1. The fourth-order valence-electron chi connectivity index (χ4n) is 3.55. The average molecular weight is 334 g/mol. The molecule has 0 spiro atoms. The van der Waals surface area contributed by atoms with Crippen LogP contribution in [0.15, 0.2) is 48.9 Å². The first-order valence-corrected chi connectivity index (χ1v) is 8.60. The molecular weight excluding hydrogens is 312 g/mol. The molecule has 25 heavy (non-hydrogen) atoms. The Kier molecular flexibility index (Phi) is 4.24. The lowest BCUT2D eigenvalue weighted by Crippen LogP contribution is -2.20. The fraction of sp³-hybridized carbons (Fsp3) is 0.300. The lowest BCUT2D eigenvalue weighted by molar-refractivity contribution is 0.414. The third kappa shape index (κ3) is 3.03. The lowest BCUT2D eigenvalue weighted by Gasteiger charge is -2.16. The van der Waals surface area contributed by atoms with Crippen LogP contribution in [0.25, 0.3) is 5.82 Å². The van der Waals surface area contributed by atoms with Crippen molar-refractivity contribution in [1.29, 1.82) is 0 Å². The zero-order valence-corrected chi connectivity index (χ0v) is 14.6. The van der Waals surface area contributed by atoms with Crippen LogP contribution in [0.3, 0.4) is 0 Å². The van der Waals surface area contributed by atoms with Crippen LogP contribution in [0.2, 0.25) is 0 Å². The molecular formula is C20H22N4O. The van der Waals surface area contributed by atoms with E-state index >= 15 is 0 Å². The van der Waals surface area contributed by atoms with Crippen LogP contribution in [0, 0.1) is 6.92 Å². The van der Waals surface area contributed by atoms with Crippen molar-refractivity contribution >= 4 is 0 Å². The molecule has 0 bridgehead atoms. The van der Waals surface area contributed by atoms with Gasteiger partial charge in [-0.1, -0.05) is 12.1 Å². The zero-order chi connectivity index (χ0) is 17.2. The molecule has 4 rings (SSSR count). The summed E-state index contributed by atoms with van der Waals surface area (Å²) in [6.45, 7) is 2.77. The van der Waals surface area contributed by atoms with Gasteiger partial charge >= 0.3 is 0 Å². The number of hydrogen-bond donors (Lipinski definition) is 1. The largest absolute Gasteiger partial charge is 0.497 e. The summed E-state index contributed by atoms with van der Waals surface area (Å²) in [5, 5.41) is 3.70. The molecule has 3 aromatic rings. The molecule has 5 nitrogen and oxygen atoms in total. The Morgan fingerprint density at radius 1 is 1.24 bits per heavy atom. The number of pyridine rings is 1. The molecule has 0 radical (unpaired) electrons. The second-order valence-electron chi connectivity index (χ2n) is 6.37. The second-order valence-corrected chi connectivity index (χ2v) is 6.37. The third-order valence-corrected chi connectivity index (χ3v) is 4.89. The molecule has 2 heterocycles. The maximum atomic E-state index is 5.33. The third-order valence-electron chi connectivity index (χ3n) is 4.89. The van der Waals surface area contributed by atoms with Gasteiger partial charge in [0.25, 0.3) is 0 Å². The molecule has 1 atom stereocenters. The molecule has 5 heteroatoms. The van der Waals surface area contributed by atoms with E-state index in [1.54, 1.807) is 7.11 Å². The number of aryl methyl sites for hydroxylation is 2. The summed E-state index contributed by atoms with van der Waals surface area (Å²) in [6, 6.07) is 10.9. The number of nitrogens with one attached hydrogen (secondary N) is 1. The first kappa shape index (κ1) is 15.8. The smallest absolute Gasteiger partial charge is 0.142 e. The number of benzene rings is 1. The number of aromatic nitrogens is 3. The number of imidazole rings is 1. The van der Waals surface area contributed by atoms with E-state index in [4.69, 9.17) is 4.74 Å². The van der Waals surface area contributed by atoms with Gasteiger partial charge in [0.1, 0.15) is 17.4 Å². The van der Waals surface area contributed by atoms with E-state index in [-0.39, 0.29) is 0 Å². The number of methoxy groups -OCH3 is 1. The topological polar surface area (TPSA) is 52.0 Å². The Balaban J connectivity index is 1.54. The van der Waals surface area contributed by atoms with Gasteiger partial charge < -0.3 is 10.1 Å². The summed E-state index contributed by atoms with van der Waals surface area (Å²) in [4.78, 5) is 8.87. The van der Waals surface area contributed by atoms with Crippen molar-refractivity contribution in [1.82, 2.24) is 19.9 Å². The molecule has 1 aromatic carbocycles. The van der Waals surface area contributed by atoms with Gasteiger partial charge in [-0.3, -0.25) is 4.57 Å². The van der Waals surface area contributed by atoms with Crippen molar-refractivity contribution < 1.29 is 4.74 Å². The Bertz CT molecular complexity index is 887. The monoisotopic (exact) mass is 334 g/mol. The molecule has 1 aliphatic carbocycles. The summed E-state index contributed by atoms with van der Waals surface area (Å²) in [5.74, 6) is 2.82. The summed E-state index contributed by atoms with van der Waals surface area (Å²) in [5.41, 5.74) is 3.93. The van der Waals surface area contributed by atoms with E-state index in [1.165, 1.54) is 16.7 Å². The van der Waals surface area contributed by atoms with E-state index in [0.717, 1.165) is 36.8 Å². The molecule has 0 saturated carbocycles. The molecule has 1 unspecified atom stereocenters. The van der Waals surface area contributed by atoms with Gasteiger partial charge in [0.05, 0.1) is 7.11 Å². The molecule has 1 N–H and O–H groups in total. The van der Waals surface area contributed by atoms with Crippen molar-refractivity contribution in [2.45, 2.75) is 32.4 Å². The van der Waals surface area contributed by atoms with Gasteiger partial charge in [0.15, 0.2) is 0 Å². The highest BCUT2D eigenvalue weighted by atomic mass is 16.5. The minimum atomic E-state index is 0.373. The van der Waals surface area contributed by atoms with Gasteiger partial charge in [-0.15, -0.1) is 0 Å². The van der Waals surface area contributed by atoms with Crippen LogP contribution < -0.4 is 10.1 Å². The van der Waals surface area contributed by atoms with Gasteiger partial charge in [-0.2, -0.15) is 0 Å². The number of fused-ring (bicyclic) bond motifs is 1. The van der Waals surface area contributed by atoms with Crippen LogP contribution in [-0.4, -0.2) is 21.6 Å². The van der Waals surface area contributed by atoms with Crippen molar-refractivity contribution in [3.05, 3.63) is 71.4 Å². The van der Waals surface area contributed by atoms with Gasteiger partial charge in [0, 0.05) is 36.7 Å². The van der Waals surface area contributed by atoms with E-state index in [2.05, 4.69) is 33.5 Å². The Morgan fingerprint density at radius 2 is 2.16 bits per heavy atom. The molecule has 1 aliphatic rings. The lowest BCUT2D eigenvalue weighted by atomic mass is 10.1. The van der Waals surface area contributed by atoms with Gasteiger partial charge in [-0.05, 0) is 49.1 Å². The van der Waals surface area contributed by atoms with Gasteiger partial charge in [0.2, 0.25) is 0 Å². The Labute approximate surface area is 147 Å². The van der Waals surface area contributed by atoms with E-state index in [0.29, 0.717) is 6.04 Å². The van der Waals surface area contributed by atoms with Crippen LogP contribution in [0.5, 0.6) is 5.75 Å². The standard InChI is InChI=1S/C20H22N4O/c1-14-21-10-11-24(14)20-16(4-3-9-22-20)13-23-19-8-5-15-12-17(25-2)6-7-18(15)19/h3-4,6-7,9-12,19,23H,5,8,13H2,1-2H3. The predicted octanol–water partition coefficient (Wildman–Crippen LogP) is 3.36. The number of rotatable bonds is 5. The Hall–Kier alpha value is -2.66. The SMILES string of the molecule is COc1ccc2c(c1)CCC2NCc1cccnc1-n1ccnc1C. The summed E-state index contributed by atoms with van der Waals surface area (Å²) in [7, 11) is 1.72. The van der Waals surface area contributed by atoms with E-state index in [1.807, 2.05) is 42.2 Å². The number of nitrogens with zero attached hydrogens (tertiary/aromatic N) is 3. The quantitative estimate of drug-likeness (QED) is 0.777. The summed E-state index contributed by atoms with van der Waals surface area (Å²) in [6.07, 6.45) is 7.79. The van der Waals surface area contributed by atoms with Crippen LogP contribution in [0.4, 0.5) is 0 Å². The highest BCUT2D eigenvalue weighted by molar-refractivity contribution is 5.41. The molecule has 0 fully saturated rings. The molecule has 0 saturated heterocycles. The minimum absolute atomic E-state index is 0.373. The number of hydrogen-bond acceptors (Lipinski definition) is 4. The normalized spacial score (nSPS) is 16.0. The predicted molar refractivity (Wildman–Crippen MR) is 97.0 cm³/mol.